The molecule has 10 nitrogen and oxygen atoms in total. The van der Waals surface area contributed by atoms with Crippen LogP contribution in [0.2, 0.25) is 0 Å². The molecule has 56 heavy (non-hydrogen) atoms. The molecule has 320 valence electrons. The molecule has 0 saturated heterocycles. The molecule has 0 radical (unpaired) electrons. The Morgan fingerprint density at radius 3 is 1.96 bits per heavy atom. The van der Waals surface area contributed by atoms with Gasteiger partial charge >= 0.3 is 13.8 Å². The minimum atomic E-state index is -4.32. The predicted octanol–water partition coefficient (Wildman–Crippen LogP) is 10.6. The Morgan fingerprint density at radius 1 is 0.679 bits per heavy atom. The van der Waals surface area contributed by atoms with Crippen LogP contribution in [-0.2, 0) is 27.9 Å². The van der Waals surface area contributed by atoms with Crippen LogP contribution in [0.1, 0.15) is 136 Å². The van der Waals surface area contributed by atoms with E-state index in [1.165, 1.54) is 64.0 Å². The van der Waals surface area contributed by atoms with Gasteiger partial charge in [0.15, 0.2) is 6.10 Å². The van der Waals surface area contributed by atoms with Crippen LogP contribution < -0.4 is 5.73 Å². The van der Waals surface area contributed by atoms with Gasteiger partial charge in [-0.1, -0.05) is 144 Å². The van der Waals surface area contributed by atoms with Crippen LogP contribution in [0.25, 0.3) is 0 Å². The van der Waals surface area contributed by atoms with E-state index in [-0.39, 0.29) is 32.8 Å². The van der Waals surface area contributed by atoms with Crippen molar-refractivity contribution in [2.24, 2.45) is 5.73 Å². The molecule has 0 fully saturated rings. The Kier molecular flexibility index (Phi) is 38.3. The second-order valence-electron chi connectivity index (χ2n) is 13.6. The quantitative estimate of drug-likeness (QED) is 0.0118. The monoisotopic (exact) mass is 806 g/mol. The Balaban J connectivity index is 4.40. The molecular weight excluding hydrogens is 729 g/mol. The highest BCUT2D eigenvalue weighted by Gasteiger charge is 2.24. The van der Waals surface area contributed by atoms with E-state index < -0.39 is 32.1 Å². The Morgan fingerprint density at radius 2 is 1.30 bits per heavy atom. The summed E-state index contributed by atoms with van der Waals surface area (Å²) >= 11 is 0. The molecule has 4 atom stereocenters. The highest BCUT2D eigenvalue weighted by Crippen LogP contribution is 2.43. The Hall–Kier alpha value is -2.82. The fourth-order valence-corrected chi connectivity index (χ4v) is 5.83. The summed E-state index contributed by atoms with van der Waals surface area (Å²) in [5, 5.41) is 20.0. The molecule has 0 saturated carbocycles. The van der Waals surface area contributed by atoms with E-state index in [0.717, 1.165) is 38.5 Å². The first kappa shape index (κ1) is 53.2. The van der Waals surface area contributed by atoms with Gasteiger partial charge in [-0.15, -0.1) is 0 Å². The van der Waals surface area contributed by atoms with E-state index in [4.69, 9.17) is 24.3 Å². The van der Waals surface area contributed by atoms with Gasteiger partial charge in [0.1, 0.15) is 6.61 Å². The van der Waals surface area contributed by atoms with E-state index in [2.05, 4.69) is 26.0 Å². The number of unbranched alkanes of at least 4 members (excludes halogenated alkanes) is 12. The minimum Gasteiger partial charge on any atom is -0.492 e. The van der Waals surface area contributed by atoms with Crippen molar-refractivity contribution in [2.45, 2.75) is 154 Å². The lowest BCUT2D eigenvalue weighted by atomic mass is 10.1. The zero-order valence-electron chi connectivity index (χ0n) is 34.5. The molecule has 0 heterocycles. The molecule has 0 rings (SSSR count). The third-order valence-electron chi connectivity index (χ3n) is 8.25. The van der Waals surface area contributed by atoms with Crippen molar-refractivity contribution in [3.63, 3.8) is 0 Å². The van der Waals surface area contributed by atoms with E-state index in [0.29, 0.717) is 19.3 Å². The van der Waals surface area contributed by atoms with Crippen LogP contribution in [0.4, 0.5) is 0 Å². The molecule has 5 N–H and O–H groups in total. The van der Waals surface area contributed by atoms with Gasteiger partial charge in [0.25, 0.3) is 0 Å². The minimum absolute atomic E-state index is 0.0644. The van der Waals surface area contributed by atoms with Gasteiger partial charge in [-0.25, -0.2) is 4.57 Å². The van der Waals surface area contributed by atoms with Crippen LogP contribution in [0.15, 0.2) is 97.4 Å². The van der Waals surface area contributed by atoms with Gasteiger partial charge < -0.3 is 30.3 Å². The fraction of sp³-hybridized carbons (Fsp3) is 0.622. The van der Waals surface area contributed by atoms with Crippen molar-refractivity contribution in [1.82, 2.24) is 0 Å². The Bertz CT molecular complexity index is 1210. The highest BCUT2D eigenvalue weighted by atomic mass is 31.2. The number of phosphoric acid groups is 1. The summed E-state index contributed by atoms with van der Waals surface area (Å²) in [6, 6.07) is 0. The number of carbonyl (C=O) groups excluding carboxylic acids is 1. The molecule has 0 aliphatic rings. The van der Waals surface area contributed by atoms with E-state index in [1.807, 2.05) is 54.7 Å². The number of allylic oxidation sites excluding steroid dienone is 11. The summed E-state index contributed by atoms with van der Waals surface area (Å²) in [6.07, 6.45) is 47.4. The summed E-state index contributed by atoms with van der Waals surface area (Å²) < 4.78 is 33.0. The second-order valence-corrected chi connectivity index (χ2v) is 15.0. The van der Waals surface area contributed by atoms with Crippen LogP contribution in [0.3, 0.4) is 0 Å². The lowest BCUT2D eigenvalue weighted by molar-refractivity contribution is -0.147. The number of ether oxygens (including phenoxy) is 2. The van der Waals surface area contributed by atoms with Gasteiger partial charge in [0.05, 0.1) is 31.7 Å². The predicted molar refractivity (Wildman–Crippen MR) is 231 cm³/mol. The number of esters is 1. The van der Waals surface area contributed by atoms with Crippen LogP contribution in [-0.4, -0.2) is 65.8 Å². The van der Waals surface area contributed by atoms with Crippen LogP contribution in [0.5, 0.6) is 0 Å². The zero-order chi connectivity index (χ0) is 41.2. The fourth-order valence-electron chi connectivity index (χ4n) is 5.07. The third-order valence-corrected chi connectivity index (χ3v) is 9.23. The van der Waals surface area contributed by atoms with Gasteiger partial charge in [0, 0.05) is 13.0 Å². The summed E-state index contributed by atoms with van der Waals surface area (Å²) in [7, 11) is -4.32. The maximum atomic E-state index is 12.4. The Labute approximate surface area is 339 Å². The number of aliphatic hydroxyl groups excluding tert-OH is 2. The summed E-state index contributed by atoms with van der Waals surface area (Å²) in [5.74, 6) is -0.435. The first-order valence-electron chi connectivity index (χ1n) is 21.0. The summed E-state index contributed by atoms with van der Waals surface area (Å²) in [4.78, 5) is 22.3. The van der Waals surface area contributed by atoms with Crippen molar-refractivity contribution in [3.05, 3.63) is 97.4 Å². The van der Waals surface area contributed by atoms with Gasteiger partial charge in [-0.05, 0) is 76.7 Å². The SMILES string of the molecule is CC/C=C\C[C@@H](O)/C=C/C=C\C/C=C\C=C\[C@@H](O)/C=C\CCCC(=O)OC[C@H](COP(=O)(O)OCCN)O/C=C/CCCCCC/C=C\CCCCCCCC. The highest BCUT2D eigenvalue weighted by molar-refractivity contribution is 7.47. The molecule has 11 heteroatoms. The smallest absolute Gasteiger partial charge is 0.472 e. The average Bonchev–Trinajstić information content (AvgIpc) is 3.18. The van der Waals surface area contributed by atoms with E-state index in [9.17, 15) is 24.5 Å². The van der Waals surface area contributed by atoms with Crippen molar-refractivity contribution < 1.29 is 43.0 Å². The molecular formula is C45H76NO9P. The van der Waals surface area contributed by atoms with Crippen molar-refractivity contribution in [1.29, 1.82) is 0 Å². The van der Waals surface area contributed by atoms with E-state index >= 15 is 0 Å². The van der Waals surface area contributed by atoms with Crippen LogP contribution >= 0.6 is 7.82 Å². The standard InChI is InChI=1S/C45H76NO9P/c1-3-5-7-8-9-10-11-12-13-14-15-16-17-21-24-31-38-52-44(41-55-56(50,51)54-39-37-46)40-53-45(49)36-30-25-29-35-43(48)34-28-23-20-18-19-22-27-33-42(47)32-26-6-4-2/h6,12-13,19-20,22-23,26-29,31,33-35,38,42-44,47-48H,3-5,7-11,14-18,21,24-25,30,32,36-37,39-41,46H2,1-2H3,(H,50,51)/b13-12-,22-19-,23-20-,26-6-,33-27+,34-28+,35-29-,38-31+/t42-,43-,44-/m1/s1. The first-order valence-corrected chi connectivity index (χ1v) is 22.5. The molecule has 0 amide bonds. The molecule has 1 unspecified atom stereocenters. The van der Waals surface area contributed by atoms with Crippen molar-refractivity contribution in [3.8, 4) is 0 Å². The number of hydrogen-bond acceptors (Lipinski definition) is 9. The lowest BCUT2D eigenvalue weighted by Crippen LogP contribution is -2.25. The number of phosphoric ester groups is 1. The van der Waals surface area contributed by atoms with Crippen molar-refractivity contribution >= 4 is 13.8 Å². The molecule has 0 bridgehead atoms. The molecule has 0 aromatic rings. The summed E-state index contributed by atoms with van der Waals surface area (Å²) in [6.45, 7) is 3.76. The normalized spacial score (nSPS) is 15.5. The van der Waals surface area contributed by atoms with Gasteiger partial charge in [-0.2, -0.15) is 0 Å². The third kappa shape index (κ3) is 39.4. The zero-order valence-corrected chi connectivity index (χ0v) is 35.4. The van der Waals surface area contributed by atoms with Gasteiger partial charge in [0.2, 0.25) is 0 Å². The first-order chi connectivity index (χ1) is 27.2. The number of nitrogens with two attached hydrogens (primary N) is 1. The van der Waals surface area contributed by atoms with Crippen LogP contribution in [0, 0.1) is 0 Å². The number of rotatable bonds is 38. The summed E-state index contributed by atoms with van der Waals surface area (Å²) in [5.41, 5.74) is 5.35. The largest absolute Gasteiger partial charge is 0.492 e. The number of carbonyl (C=O) groups is 1. The number of hydrogen-bond donors (Lipinski definition) is 4. The maximum absolute atomic E-state index is 12.4. The molecule has 0 aromatic heterocycles. The van der Waals surface area contributed by atoms with E-state index in [1.54, 1.807) is 24.3 Å². The van der Waals surface area contributed by atoms with Gasteiger partial charge in [-0.3, -0.25) is 13.8 Å². The lowest BCUT2D eigenvalue weighted by Gasteiger charge is -2.19. The topological polar surface area (TPSA) is 158 Å². The second kappa shape index (κ2) is 40.4. The number of aliphatic hydroxyl groups is 2. The van der Waals surface area contributed by atoms with Crippen molar-refractivity contribution in [2.75, 3.05) is 26.4 Å². The molecule has 0 aliphatic heterocycles. The molecule has 0 aromatic carbocycles. The molecule has 0 spiro atoms. The maximum Gasteiger partial charge on any atom is 0.472 e. The molecule has 0 aliphatic carbocycles. The average molecular weight is 806 g/mol.